The van der Waals surface area contributed by atoms with Crippen LogP contribution in [-0.2, 0) is 36.8 Å². The first-order chi connectivity index (χ1) is 22.4. The van der Waals surface area contributed by atoms with Crippen LogP contribution in [0.4, 0.5) is 4.79 Å². The molecular formula is C37H44N2O7. The van der Waals surface area contributed by atoms with Gasteiger partial charge in [-0.2, -0.15) is 0 Å². The van der Waals surface area contributed by atoms with Crippen LogP contribution in [0.15, 0.2) is 85.5 Å². The van der Waals surface area contributed by atoms with Crippen molar-refractivity contribution in [3.8, 4) is 11.1 Å². The van der Waals surface area contributed by atoms with E-state index < -0.39 is 18.2 Å². The number of nitrogens with one attached hydrogen (secondary N) is 1. The lowest BCUT2D eigenvalue weighted by atomic mass is 9.89. The summed E-state index contributed by atoms with van der Waals surface area (Å²) in [5.41, 5.74) is 5.88. The highest BCUT2D eigenvalue weighted by molar-refractivity contribution is 5.68. The molecule has 3 aromatic carbocycles. The van der Waals surface area contributed by atoms with Gasteiger partial charge < -0.3 is 39.0 Å². The zero-order valence-corrected chi connectivity index (χ0v) is 26.4. The molecule has 3 aliphatic heterocycles. The molecule has 1 spiro atoms. The van der Waals surface area contributed by atoms with Crippen molar-refractivity contribution in [2.45, 2.75) is 57.2 Å². The molecule has 3 fully saturated rings. The molecule has 244 valence electrons. The van der Waals surface area contributed by atoms with Crippen LogP contribution < -0.4 is 5.32 Å². The summed E-state index contributed by atoms with van der Waals surface area (Å²) in [7, 11) is 0. The number of aliphatic hydroxyl groups is 1. The number of carbonyl (C=O) groups is 1. The van der Waals surface area contributed by atoms with E-state index in [2.05, 4.69) is 60.1 Å². The molecule has 0 radical (unpaired) electrons. The van der Waals surface area contributed by atoms with Crippen molar-refractivity contribution in [1.29, 1.82) is 0 Å². The monoisotopic (exact) mass is 628 g/mol. The SMILES string of the molecule is C=CCOC(=O)NCc1cccc(-c2cccc(C3OC(CN4CCC5(CC4)OCCO5)C(C)C(c4ccc(CO)cc4)O3)c2)c1. The van der Waals surface area contributed by atoms with Gasteiger partial charge in [-0.3, -0.25) is 0 Å². The number of hydrogen-bond acceptors (Lipinski definition) is 8. The zero-order valence-electron chi connectivity index (χ0n) is 26.4. The van der Waals surface area contributed by atoms with E-state index in [-0.39, 0.29) is 31.3 Å². The normalized spacial score (nSPS) is 24.5. The molecule has 0 aliphatic carbocycles. The summed E-state index contributed by atoms with van der Waals surface area (Å²) in [6.07, 6.45) is 1.94. The first-order valence-corrected chi connectivity index (χ1v) is 16.2. The molecule has 1 amide bonds. The fourth-order valence-electron chi connectivity index (χ4n) is 6.53. The van der Waals surface area contributed by atoms with Gasteiger partial charge in [-0.25, -0.2) is 4.79 Å². The summed E-state index contributed by atoms with van der Waals surface area (Å²) in [5, 5.41) is 12.4. The summed E-state index contributed by atoms with van der Waals surface area (Å²) in [4.78, 5) is 14.4. The number of rotatable bonds is 10. The fourth-order valence-corrected chi connectivity index (χ4v) is 6.53. The van der Waals surface area contributed by atoms with Crippen LogP contribution >= 0.6 is 0 Å². The molecule has 3 saturated heterocycles. The van der Waals surface area contributed by atoms with Crippen molar-refractivity contribution in [3.63, 3.8) is 0 Å². The number of alkyl carbamates (subject to hydrolysis) is 1. The Morgan fingerprint density at radius 2 is 1.70 bits per heavy atom. The van der Waals surface area contributed by atoms with E-state index in [4.69, 9.17) is 23.7 Å². The van der Waals surface area contributed by atoms with Crippen molar-refractivity contribution in [2.24, 2.45) is 5.92 Å². The second-order valence-corrected chi connectivity index (χ2v) is 12.3. The Labute approximate surface area is 271 Å². The van der Waals surface area contributed by atoms with E-state index >= 15 is 0 Å². The molecule has 9 heteroatoms. The van der Waals surface area contributed by atoms with Crippen molar-refractivity contribution in [2.75, 3.05) is 39.5 Å². The molecule has 2 N–H and O–H groups in total. The lowest BCUT2D eigenvalue weighted by Crippen LogP contribution is -2.50. The van der Waals surface area contributed by atoms with Gasteiger partial charge in [-0.15, -0.1) is 0 Å². The third-order valence-corrected chi connectivity index (χ3v) is 9.18. The highest BCUT2D eigenvalue weighted by Crippen LogP contribution is 2.43. The average molecular weight is 629 g/mol. The zero-order chi connectivity index (χ0) is 31.9. The molecule has 4 unspecified atom stereocenters. The van der Waals surface area contributed by atoms with Crippen LogP contribution in [0.25, 0.3) is 11.1 Å². The molecule has 9 nitrogen and oxygen atoms in total. The number of nitrogens with zero attached hydrogens (tertiary/aromatic N) is 1. The second-order valence-electron chi connectivity index (χ2n) is 12.3. The second kappa shape index (κ2) is 14.9. The van der Waals surface area contributed by atoms with Crippen LogP contribution in [0.2, 0.25) is 0 Å². The first-order valence-electron chi connectivity index (χ1n) is 16.2. The Hall–Kier alpha value is -3.57. The number of hydrogen-bond donors (Lipinski definition) is 2. The Bertz CT molecular complexity index is 1460. The van der Waals surface area contributed by atoms with Crippen molar-refractivity contribution in [1.82, 2.24) is 10.2 Å². The number of likely N-dealkylation sites (tertiary alicyclic amines) is 1. The van der Waals surface area contributed by atoms with E-state index in [9.17, 15) is 9.90 Å². The maximum atomic E-state index is 11.9. The Kier molecular flexibility index (Phi) is 10.5. The molecular weight excluding hydrogens is 584 g/mol. The van der Waals surface area contributed by atoms with Gasteiger partial charge in [-0.05, 0) is 39.9 Å². The van der Waals surface area contributed by atoms with E-state index in [0.29, 0.717) is 19.8 Å². The molecule has 46 heavy (non-hydrogen) atoms. The molecule has 3 aromatic rings. The molecule has 4 atom stereocenters. The van der Waals surface area contributed by atoms with Crippen molar-refractivity contribution >= 4 is 6.09 Å². The van der Waals surface area contributed by atoms with Gasteiger partial charge in [0, 0.05) is 50.5 Å². The molecule has 3 aliphatic rings. The number of ether oxygens (including phenoxy) is 5. The van der Waals surface area contributed by atoms with Gasteiger partial charge in [0.05, 0.1) is 32.0 Å². The summed E-state index contributed by atoms with van der Waals surface area (Å²) >= 11 is 0. The standard InChI is InChI=1S/C37H44N2O7/c1-3-18-42-36(41)38-23-28-6-4-7-30(21-28)31-8-5-9-32(22-31)35-45-33(24-39-16-14-37(15-17-39)43-19-20-44-37)26(2)34(46-35)29-12-10-27(25-40)11-13-29/h3-13,21-22,26,33-35,40H,1,14-20,23-25H2,2H3,(H,38,41). The highest BCUT2D eigenvalue weighted by atomic mass is 16.7. The van der Waals surface area contributed by atoms with Gasteiger partial charge >= 0.3 is 6.09 Å². The van der Waals surface area contributed by atoms with Gasteiger partial charge in [-0.1, -0.05) is 80.2 Å². The average Bonchev–Trinajstić information content (AvgIpc) is 3.56. The number of benzene rings is 3. The van der Waals surface area contributed by atoms with Crippen LogP contribution in [0, 0.1) is 5.92 Å². The van der Waals surface area contributed by atoms with Crippen LogP contribution in [-0.4, -0.2) is 67.4 Å². The van der Waals surface area contributed by atoms with Crippen LogP contribution in [0.3, 0.4) is 0 Å². The summed E-state index contributed by atoms with van der Waals surface area (Å²) < 4.78 is 30.5. The highest BCUT2D eigenvalue weighted by Gasteiger charge is 2.43. The van der Waals surface area contributed by atoms with Gasteiger partial charge in [0.1, 0.15) is 6.61 Å². The minimum atomic E-state index is -0.564. The first kappa shape index (κ1) is 32.4. The van der Waals surface area contributed by atoms with Crippen molar-refractivity contribution in [3.05, 3.63) is 108 Å². The van der Waals surface area contributed by atoms with Crippen LogP contribution in [0.5, 0.6) is 0 Å². The fraction of sp³-hybridized carbons (Fsp3) is 0.432. The minimum absolute atomic E-state index is 0.00303. The molecule has 3 heterocycles. The van der Waals surface area contributed by atoms with Gasteiger partial charge in [0.25, 0.3) is 0 Å². The third-order valence-electron chi connectivity index (χ3n) is 9.18. The number of aliphatic hydroxyl groups excluding tert-OH is 1. The predicted molar refractivity (Wildman–Crippen MR) is 174 cm³/mol. The lowest BCUT2D eigenvalue weighted by Gasteiger charge is -2.44. The van der Waals surface area contributed by atoms with Crippen molar-refractivity contribution < 1.29 is 33.6 Å². The molecule has 0 bridgehead atoms. The van der Waals surface area contributed by atoms with E-state index in [1.807, 2.05) is 36.4 Å². The number of piperidine rings is 1. The molecule has 0 saturated carbocycles. The third kappa shape index (κ3) is 7.69. The minimum Gasteiger partial charge on any atom is -0.445 e. The molecule has 6 rings (SSSR count). The number of carbonyl (C=O) groups excluding carboxylic acids is 1. The molecule has 0 aromatic heterocycles. The summed E-state index contributed by atoms with van der Waals surface area (Å²) in [5.74, 6) is -0.322. The lowest BCUT2D eigenvalue weighted by molar-refractivity contribution is -0.278. The maximum Gasteiger partial charge on any atom is 0.407 e. The van der Waals surface area contributed by atoms with Crippen LogP contribution in [0.1, 0.15) is 54.4 Å². The maximum absolute atomic E-state index is 11.9. The predicted octanol–water partition coefficient (Wildman–Crippen LogP) is 5.89. The number of amides is 1. The topological polar surface area (TPSA) is 98.7 Å². The Morgan fingerprint density at radius 1 is 0.978 bits per heavy atom. The van der Waals surface area contributed by atoms with Gasteiger partial charge in [0.15, 0.2) is 12.1 Å². The van der Waals surface area contributed by atoms with Gasteiger partial charge in [0.2, 0.25) is 0 Å². The Morgan fingerprint density at radius 3 is 2.41 bits per heavy atom. The Balaban J connectivity index is 1.20. The smallest absolute Gasteiger partial charge is 0.407 e. The summed E-state index contributed by atoms with van der Waals surface area (Å²) in [6, 6.07) is 24.3. The van der Waals surface area contributed by atoms with E-state index in [0.717, 1.165) is 65.9 Å². The summed E-state index contributed by atoms with van der Waals surface area (Å²) in [6.45, 7) is 10.2. The largest absolute Gasteiger partial charge is 0.445 e. The quantitative estimate of drug-likeness (QED) is 0.269. The van der Waals surface area contributed by atoms with E-state index in [1.165, 1.54) is 6.08 Å². The van der Waals surface area contributed by atoms with E-state index in [1.54, 1.807) is 0 Å².